The monoisotopic (exact) mass is 292 g/mol. The number of nitrogens with two attached hydrogens (primary N) is 1. The zero-order valence-corrected chi connectivity index (χ0v) is 12.0. The summed E-state index contributed by atoms with van der Waals surface area (Å²) >= 11 is 0. The van der Waals surface area contributed by atoms with Crippen LogP contribution in [0.4, 0.5) is 4.39 Å². The van der Waals surface area contributed by atoms with Gasteiger partial charge in [-0.05, 0) is 25.1 Å². The van der Waals surface area contributed by atoms with E-state index in [9.17, 15) is 14.0 Å². The first-order chi connectivity index (χ1) is 9.99. The molecule has 0 unspecified atom stereocenters. The number of amides is 1. The van der Waals surface area contributed by atoms with Crippen LogP contribution in [-0.2, 0) is 9.53 Å². The van der Waals surface area contributed by atoms with E-state index in [1.165, 1.54) is 19.2 Å². The molecule has 0 aliphatic rings. The van der Waals surface area contributed by atoms with Crippen LogP contribution in [0.5, 0.6) is 0 Å². The van der Waals surface area contributed by atoms with Crippen molar-refractivity contribution in [1.82, 2.24) is 4.90 Å². The van der Waals surface area contributed by atoms with Crippen LogP contribution in [0.15, 0.2) is 18.2 Å². The number of likely N-dealkylation sites (N-methyl/N-ethyl adjacent to an activating group) is 1. The summed E-state index contributed by atoms with van der Waals surface area (Å²) in [4.78, 5) is 24.6. The minimum Gasteiger partial charge on any atom is -0.465 e. The largest absolute Gasteiger partial charge is 0.465 e. The third kappa shape index (κ3) is 4.89. The van der Waals surface area contributed by atoms with Crippen LogP contribution in [0.3, 0.4) is 0 Å². The van der Waals surface area contributed by atoms with Crippen LogP contribution in [0.1, 0.15) is 22.8 Å². The van der Waals surface area contributed by atoms with Gasteiger partial charge in [0.25, 0.3) is 5.91 Å². The van der Waals surface area contributed by atoms with E-state index in [-0.39, 0.29) is 25.3 Å². The van der Waals surface area contributed by atoms with Crippen LogP contribution in [0.25, 0.3) is 0 Å². The van der Waals surface area contributed by atoms with Crippen LogP contribution < -0.4 is 5.73 Å². The van der Waals surface area contributed by atoms with Gasteiger partial charge in [-0.1, -0.05) is 11.8 Å². The van der Waals surface area contributed by atoms with E-state index in [4.69, 9.17) is 10.5 Å². The van der Waals surface area contributed by atoms with E-state index in [1.807, 2.05) is 0 Å². The van der Waals surface area contributed by atoms with Gasteiger partial charge in [0.15, 0.2) is 0 Å². The van der Waals surface area contributed by atoms with Crippen molar-refractivity contribution in [3.05, 3.63) is 35.1 Å². The summed E-state index contributed by atoms with van der Waals surface area (Å²) < 4.78 is 18.5. The Morgan fingerprint density at radius 2 is 2.14 bits per heavy atom. The van der Waals surface area contributed by atoms with Crippen molar-refractivity contribution in [2.45, 2.75) is 6.92 Å². The van der Waals surface area contributed by atoms with Crippen molar-refractivity contribution < 1.29 is 18.7 Å². The van der Waals surface area contributed by atoms with E-state index in [2.05, 4.69) is 11.8 Å². The molecular formula is C15H17FN2O3. The average Bonchev–Trinajstić information content (AvgIpc) is 2.45. The molecule has 6 heteroatoms. The standard InChI is InChI=1S/C15H17FN2O3/c1-3-21-14(19)10-18(2)15(20)12-9-11(5-4-8-17)6-7-13(12)16/h6-7,9H,3,8,10,17H2,1-2H3. The van der Waals surface area contributed by atoms with Crippen molar-refractivity contribution in [2.75, 3.05) is 26.7 Å². The number of ether oxygens (including phenoxy) is 1. The van der Waals surface area contributed by atoms with Gasteiger partial charge in [-0.15, -0.1) is 0 Å². The molecule has 0 bridgehead atoms. The third-order valence-corrected chi connectivity index (χ3v) is 2.55. The second kappa shape index (κ2) is 8.02. The van der Waals surface area contributed by atoms with E-state index < -0.39 is 17.7 Å². The third-order valence-electron chi connectivity index (χ3n) is 2.55. The summed E-state index contributed by atoms with van der Waals surface area (Å²) in [7, 11) is 1.40. The van der Waals surface area contributed by atoms with Gasteiger partial charge >= 0.3 is 5.97 Å². The van der Waals surface area contributed by atoms with Crippen molar-refractivity contribution in [3.8, 4) is 11.8 Å². The Balaban J connectivity index is 2.92. The molecule has 0 aliphatic heterocycles. The molecule has 1 rings (SSSR count). The number of hydrogen-bond donors (Lipinski definition) is 1. The molecule has 0 radical (unpaired) electrons. The van der Waals surface area contributed by atoms with E-state index >= 15 is 0 Å². The van der Waals surface area contributed by atoms with Gasteiger partial charge in [0.2, 0.25) is 0 Å². The molecule has 21 heavy (non-hydrogen) atoms. The first-order valence-electron chi connectivity index (χ1n) is 6.39. The number of esters is 1. The van der Waals surface area contributed by atoms with Crippen LogP contribution >= 0.6 is 0 Å². The molecule has 0 saturated carbocycles. The summed E-state index contributed by atoms with van der Waals surface area (Å²) in [5.74, 6) is 3.51. The highest BCUT2D eigenvalue weighted by atomic mass is 19.1. The molecule has 0 saturated heterocycles. The molecule has 1 amide bonds. The lowest BCUT2D eigenvalue weighted by Crippen LogP contribution is -2.33. The Morgan fingerprint density at radius 1 is 1.43 bits per heavy atom. The highest BCUT2D eigenvalue weighted by Gasteiger charge is 2.19. The molecule has 112 valence electrons. The molecule has 0 aliphatic carbocycles. The molecule has 1 aromatic carbocycles. The molecule has 0 spiro atoms. The quantitative estimate of drug-likeness (QED) is 0.657. The zero-order chi connectivity index (χ0) is 15.8. The van der Waals surface area contributed by atoms with Crippen molar-refractivity contribution in [3.63, 3.8) is 0 Å². The first-order valence-corrected chi connectivity index (χ1v) is 6.39. The second-order valence-corrected chi connectivity index (χ2v) is 4.17. The van der Waals surface area contributed by atoms with Gasteiger partial charge in [-0.2, -0.15) is 0 Å². The summed E-state index contributed by atoms with van der Waals surface area (Å²) in [6.45, 7) is 1.81. The molecule has 0 aromatic heterocycles. The maximum atomic E-state index is 13.8. The second-order valence-electron chi connectivity index (χ2n) is 4.17. The van der Waals surface area contributed by atoms with Crippen molar-refractivity contribution in [2.24, 2.45) is 5.73 Å². The summed E-state index contributed by atoms with van der Waals surface area (Å²) in [6.07, 6.45) is 0. The van der Waals surface area contributed by atoms with Gasteiger partial charge < -0.3 is 15.4 Å². The van der Waals surface area contributed by atoms with E-state index in [0.717, 1.165) is 11.0 Å². The van der Waals surface area contributed by atoms with Gasteiger partial charge in [-0.3, -0.25) is 9.59 Å². The molecule has 2 N–H and O–H groups in total. The Labute approximate surface area is 122 Å². The fourth-order valence-electron chi connectivity index (χ4n) is 1.60. The Kier molecular flexibility index (Phi) is 6.37. The smallest absolute Gasteiger partial charge is 0.325 e. The molecule has 0 fully saturated rings. The predicted octanol–water partition coefficient (Wildman–Crippen LogP) is 0.771. The number of halogens is 1. The average molecular weight is 292 g/mol. The number of rotatable bonds is 4. The number of hydrogen-bond acceptors (Lipinski definition) is 4. The lowest BCUT2D eigenvalue weighted by atomic mass is 10.1. The van der Waals surface area contributed by atoms with Gasteiger partial charge in [0, 0.05) is 12.6 Å². The van der Waals surface area contributed by atoms with Gasteiger partial charge in [-0.25, -0.2) is 4.39 Å². The number of benzene rings is 1. The first kappa shape index (κ1) is 16.7. The fourth-order valence-corrected chi connectivity index (χ4v) is 1.60. The molecule has 1 aromatic rings. The normalized spacial score (nSPS) is 9.52. The minimum absolute atomic E-state index is 0.148. The van der Waals surface area contributed by atoms with Crippen LogP contribution in [0, 0.1) is 17.7 Å². The van der Waals surface area contributed by atoms with Crippen LogP contribution in [0.2, 0.25) is 0 Å². The Morgan fingerprint density at radius 3 is 2.76 bits per heavy atom. The van der Waals surface area contributed by atoms with Crippen molar-refractivity contribution >= 4 is 11.9 Å². The predicted molar refractivity (Wildman–Crippen MR) is 75.9 cm³/mol. The highest BCUT2D eigenvalue weighted by Crippen LogP contribution is 2.12. The summed E-state index contributed by atoms with van der Waals surface area (Å²) in [5.41, 5.74) is 5.60. The summed E-state index contributed by atoms with van der Waals surface area (Å²) in [6, 6.07) is 3.95. The maximum absolute atomic E-state index is 13.8. The SMILES string of the molecule is CCOC(=O)CN(C)C(=O)c1cc(C#CCN)ccc1F. The number of carbonyl (C=O) groups excluding carboxylic acids is 2. The topological polar surface area (TPSA) is 72.6 Å². The number of carbonyl (C=O) groups is 2. The Hall–Kier alpha value is -2.39. The Bertz CT molecular complexity index is 590. The zero-order valence-electron chi connectivity index (χ0n) is 12.0. The van der Waals surface area contributed by atoms with Crippen molar-refractivity contribution in [1.29, 1.82) is 0 Å². The molecule has 0 heterocycles. The number of nitrogens with zero attached hydrogens (tertiary/aromatic N) is 1. The lowest BCUT2D eigenvalue weighted by molar-refractivity contribution is -0.143. The van der Waals surface area contributed by atoms with Gasteiger partial charge in [0.05, 0.1) is 18.7 Å². The van der Waals surface area contributed by atoms with E-state index in [1.54, 1.807) is 6.92 Å². The molecule has 0 atom stereocenters. The van der Waals surface area contributed by atoms with Gasteiger partial charge in [0.1, 0.15) is 12.4 Å². The molecular weight excluding hydrogens is 275 g/mol. The molecule has 5 nitrogen and oxygen atoms in total. The fraction of sp³-hybridized carbons (Fsp3) is 0.333. The lowest BCUT2D eigenvalue weighted by Gasteiger charge is -2.16. The minimum atomic E-state index is -0.672. The summed E-state index contributed by atoms with van der Waals surface area (Å²) in [5, 5.41) is 0. The highest BCUT2D eigenvalue weighted by molar-refractivity contribution is 5.96. The van der Waals surface area contributed by atoms with E-state index in [0.29, 0.717) is 5.56 Å². The maximum Gasteiger partial charge on any atom is 0.325 e. The van der Waals surface area contributed by atoms with Crippen LogP contribution in [-0.4, -0.2) is 43.5 Å².